The summed E-state index contributed by atoms with van der Waals surface area (Å²) >= 11 is 12.3. The molecule has 9 nitrogen and oxygen atoms in total. The maximum Gasteiger partial charge on any atom is 0.257 e. The van der Waals surface area contributed by atoms with Gasteiger partial charge in [0.15, 0.2) is 0 Å². The van der Waals surface area contributed by atoms with Crippen LogP contribution in [0.3, 0.4) is 0 Å². The molecule has 0 bridgehead atoms. The molecule has 1 aromatic heterocycles. The van der Waals surface area contributed by atoms with E-state index >= 15 is 4.39 Å². The number of hydrogen-bond donors (Lipinski definition) is 2. The van der Waals surface area contributed by atoms with E-state index in [1.54, 1.807) is 30.3 Å². The van der Waals surface area contributed by atoms with Crippen molar-refractivity contribution in [3.8, 4) is 0 Å². The molecule has 1 amide bonds. The lowest BCUT2D eigenvalue weighted by atomic mass is 9.85. The molecule has 1 saturated heterocycles. The third-order valence-corrected chi connectivity index (χ3v) is 9.30. The maximum absolute atomic E-state index is 16.8. The molecule has 3 aromatic rings. The van der Waals surface area contributed by atoms with Crippen molar-refractivity contribution >= 4 is 34.9 Å². The zero-order valence-corrected chi connectivity index (χ0v) is 25.9. The zero-order valence-electron chi connectivity index (χ0n) is 24.4. The Morgan fingerprint density at radius 3 is 2.45 bits per heavy atom. The molecule has 1 aliphatic carbocycles. The van der Waals surface area contributed by atoms with Crippen molar-refractivity contribution in [3.05, 3.63) is 92.7 Å². The van der Waals surface area contributed by atoms with Crippen LogP contribution in [0.1, 0.15) is 65.5 Å². The standard InChI is InChI=1S/C32H34Cl2FN5O4/c1-2-31(43,19-39-11-9-36-10-12-39)21-13-26-29(27(35)14-21)32(20-3-5-22(33)6-4-20,44-25-8-7-24(41)15-25)40(30(26)42)18-28-37-16-23(34)17-38-28/h3-6,13-14,16-17,25,36,43H,2,7-12,15,18-19H2,1H3/t25-,31?,32+/m0/s1. The van der Waals surface area contributed by atoms with Crippen LogP contribution in [-0.2, 0) is 27.4 Å². The molecule has 0 radical (unpaired) electrons. The molecule has 6 rings (SSSR count). The summed E-state index contributed by atoms with van der Waals surface area (Å²) in [6, 6.07) is 9.58. The average molecular weight is 643 g/mol. The van der Waals surface area contributed by atoms with E-state index in [2.05, 4.69) is 20.2 Å². The molecule has 12 heteroatoms. The van der Waals surface area contributed by atoms with Crippen molar-refractivity contribution in [1.29, 1.82) is 0 Å². The first-order chi connectivity index (χ1) is 21.1. The highest BCUT2D eigenvalue weighted by atomic mass is 35.5. The summed E-state index contributed by atoms with van der Waals surface area (Å²) in [6.45, 7) is 5.09. The van der Waals surface area contributed by atoms with E-state index in [0.717, 1.165) is 26.2 Å². The summed E-state index contributed by atoms with van der Waals surface area (Å²) in [6.07, 6.45) is 3.51. The normalized spacial score (nSPS) is 23.7. The number of aromatic nitrogens is 2. The van der Waals surface area contributed by atoms with Gasteiger partial charge in [-0.3, -0.25) is 19.4 Å². The fraction of sp³-hybridized carbons (Fsp3) is 0.438. The van der Waals surface area contributed by atoms with Crippen LogP contribution in [0.25, 0.3) is 0 Å². The van der Waals surface area contributed by atoms with Gasteiger partial charge in [0.25, 0.3) is 5.91 Å². The van der Waals surface area contributed by atoms with Gasteiger partial charge in [-0.25, -0.2) is 14.4 Å². The second kappa shape index (κ2) is 12.4. The van der Waals surface area contributed by atoms with Gasteiger partial charge >= 0.3 is 0 Å². The number of β-amino-alcohol motifs (C(OH)–C–C–N with tert-alkyl or cyclic N) is 1. The van der Waals surface area contributed by atoms with Crippen LogP contribution in [0.4, 0.5) is 4.39 Å². The lowest BCUT2D eigenvalue weighted by Gasteiger charge is -2.41. The van der Waals surface area contributed by atoms with Gasteiger partial charge in [0.05, 0.1) is 28.8 Å². The maximum atomic E-state index is 16.8. The van der Waals surface area contributed by atoms with Gasteiger partial charge in [-0.15, -0.1) is 0 Å². The molecule has 2 aliphatic heterocycles. The van der Waals surface area contributed by atoms with Gasteiger partial charge in [0.2, 0.25) is 5.72 Å². The predicted molar refractivity (Wildman–Crippen MR) is 163 cm³/mol. The highest BCUT2D eigenvalue weighted by molar-refractivity contribution is 6.30. The first-order valence-electron chi connectivity index (χ1n) is 14.9. The number of benzene rings is 2. The fourth-order valence-corrected chi connectivity index (χ4v) is 6.72. The van der Waals surface area contributed by atoms with Crippen LogP contribution in [0.2, 0.25) is 10.0 Å². The van der Waals surface area contributed by atoms with Crippen LogP contribution in [-0.4, -0.2) is 75.4 Å². The average Bonchev–Trinajstić information content (AvgIpc) is 3.53. The van der Waals surface area contributed by atoms with Gasteiger partial charge in [-0.2, -0.15) is 0 Å². The molecule has 1 unspecified atom stereocenters. The van der Waals surface area contributed by atoms with E-state index < -0.39 is 29.2 Å². The number of nitrogens with one attached hydrogen (secondary N) is 1. The van der Waals surface area contributed by atoms with E-state index in [1.807, 2.05) is 6.92 Å². The van der Waals surface area contributed by atoms with Gasteiger partial charge in [-0.1, -0.05) is 42.3 Å². The monoisotopic (exact) mass is 641 g/mol. The van der Waals surface area contributed by atoms with E-state index in [0.29, 0.717) is 47.0 Å². The van der Waals surface area contributed by atoms with Crippen LogP contribution in [0.15, 0.2) is 48.8 Å². The number of carbonyl (C=O) groups is 2. The van der Waals surface area contributed by atoms with E-state index in [1.165, 1.54) is 23.4 Å². The highest BCUT2D eigenvalue weighted by Gasteiger charge is 2.56. The SMILES string of the molecule is CCC(O)(CN1CCNCC1)c1cc(F)c2c(c1)C(=O)N(Cc1ncc(Cl)cn1)[C@@]2(O[C@H]1CCC(=O)C1)c1ccc(Cl)cc1. The summed E-state index contributed by atoms with van der Waals surface area (Å²) in [4.78, 5) is 38.9. The van der Waals surface area contributed by atoms with Crippen molar-refractivity contribution in [2.45, 2.75) is 56.6 Å². The fourth-order valence-electron chi connectivity index (χ4n) is 6.49. The number of piperazine rings is 1. The summed E-state index contributed by atoms with van der Waals surface area (Å²) < 4.78 is 23.6. The molecular formula is C32H34Cl2FN5O4. The number of carbonyl (C=O) groups excluding carboxylic acids is 2. The third kappa shape index (κ3) is 5.75. The Hall–Kier alpha value is -2.99. The number of hydrogen-bond acceptors (Lipinski definition) is 8. The minimum atomic E-state index is -1.76. The lowest BCUT2D eigenvalue weighted by Crippen LogP contribution is -2.49. The molecule has 2 aromatic carbocycles. The highest BCUT2D eigenvalue weighted by Crippen LogP contribution is 2.50. The molecular weight excluding hydrogens is 608 g/mol. The smallest absolute Gasteiger partial charge is 0.257 e. The first-order valence-corrected chi connectivity index (χ1v) is 15.6. The number of rotatable bonds is 9. The Morgan fingerprint density at radius 2 is 1.82 bits per heavy atom. The molecule has 2 fully saturated rings. The Morgan fingerprint density at radius 1 is 1.11 bits per heavy atom. The van der Waals surface area contributed by atoms with E-state index in [4.69, 9.17) is 27.9 Å². The minimum Gasteiger partial charge on any atom is -0.384 e. The van der Waals surface area contributed by atoms with Gasteiger partial charge < -0.3 is 15.2 Å². The lowest BCUT2D eigenvalue weighted by molar-refractivity contribution is -0.149. The molecule has 0 spiro atoms. The Kier molecular flexibility index (Phi) is 8.76. The van der Waals surface area contributed by atoms with Crippen LogP contribution in [0, 0.1) is 5.82 Å². The number of aliphatic hydroxyl groups is 1. The Balaban J connectivity index is 1.52. The number of ether oxygens (including phenoxy) is 1. The quantitative estimate of drug-likeness (QED) is 0.354. The molecule has 3 aliphatic rings. The first kappa shape index (κ1) is 31.0. The molecule has 1 saturated carbocycles. The number of nitrogens with zero attached hydrogens (tertiary/aromatic N) is 4. The van der Waals surface area contributed by atoms with Gasteiger partial charge in [-0.05, 0) is 42.7 Å². The number of Topliss-reactive ketones (excluding diaryl/α,β-unsaturated/α-hetero) is 1. The van der Waals surface area contributed by atoms with Gasteiger partial charge in [0.1, 0.15) is 23.0 Å². The second-order valence-electron chi connectivity index (χ2n) is 11.7. The Bertz CT molecular complexity index is 1550. The zero-order chi connectivity index (χ0) is 31.1. The minimum absolute atomic E-state index is 0.0162. The molecule has 2 N–H and O–H groups in total. The predicted octanol–water partition coefficient (Wildman–Crippen LogP) is 4.42. The topological polar surface area (TPSA) is 108 Å². The van der Waals surface area contributed by atoms with Crippen molar-refractivity contribution in [2.24, 2.45) is 0 Å². The van der Waals surface area contributed by atoms with Crippen molar-refractivity contribution in [2.75, 3.05) is 32.7 Å². The number of halogens is 3. The van der Waals surface area contributed by atoms with E-state index in [-0.39, 0.29) is 35.7 Å². The van der Waals surface area contributed by atoms with Crippen molar-refractivity contribution in [3.63, 3.8) is 0 Å². The van der Waals surface area contributed by atoms with Crippen molar-refractivity contribution in [1.82, 2.24) is 25.1 Å². The second-order valence-corrected chi connectivity index (χ2v) is 12.5. The number of ketones is 1. The van der Waals surface area contributed by atoms with Crippen LogP contribution in [0.5, 0.6) is 0 Å². The largest absolute Gasteiger partial charge is 0.384 e. The van der Waals surface area contributed by atoms with Crippen LogP contribution >= 0.6 is 23.2 Å². The molecule has 44 heavy (non-hydrogen) atoms. The summed E-state index contributed by atoms with van der Waals surface area (Å²) in [5.74, 6) is -0.907. The number of fused-ring (bicyclic) bond motifs is 1. The van der Waals surface area contributed by atoms with E-state index in [9.17, 15) is 14.7 Å². The molecule has 3 heterocycles. The van der Waals surface area contributed by atoms with Crippen molar-refractivity contribution < 1.29 is 23.8 Å². The summed E-state index contributed by atoms with van der Waals surface area (Å²) in [5, 5.41) is 16.0. The summed E-state index contributed by atoms with van der Waals surface area (Å²) in [5.41, 5.74) is -2.31. The third-order valence-electron chi connectivity index (χ3n) is 8.85. The molecule has 232 valence electrons. The Labute approximate surface area is 265 Å². The van der Waals surface area contributed by atoms with Gasteiger partial charge in [0, 0.05) is 68.5 Å². The number of amides is 1. The molecule has 3 atom stereocenters. The summed E-state index contributed by atoms with van der Waals surface area (Å²) in [7, 11) is 0. The van der Waals surface area contributed by atoms with Crippen LogP contribution < -0.4 is 5.32 Å².